The summed E-state index contributed by atoms with van der Waals surface area (Å²) in [5.41, 5.74) is 0. The summed E-state index contributed by atoms with van der Waals surface area (Å²) >= 11 is 0. The quantitative estimate of drug-likeness (QED) is 0.879. The summed E-state index contributed by atoms with van der Waals surface area (Å²) in [7, 11) is 0. The number of hydrogen-bond acceptors (Lipinski definition) is 4. The van der Waals surface area contributed by atoms with Crippen LogP contribution in [0, 0.1) is 0 Å². The molecule has 1 aliphatic heterocycles. The third-order valence-corrected chi connectivity index (χ3v) is 4.05. The van der Waals surface area contributed by atoms with Gasteiger partial charge in [-0.15, -0.1) is 0 Å². The van der Waals surface area contributed by atoms with Crippen LogP contribution in [0.1, 0.15) is 45.9 Å². The SMILES string of the molecule is CCCC1CN(Cc2ncnn2CC)C(C)CCN1. The van der Waals surface area contributed by atoms with Gasteiger partial charge in [0.2, 0.25) is 0 Å². The first-order valence-corrected chi connectivity index (χ1v) is 7.58. The number of aryl methyl sites for hydroxylation is 1. The Kier molecular flexibility index (Phi) is 5.34. The van der Waals surface area contributed by atoms with Gasteiger partial charge in [0.15, 0.2) is 0 Å². The van der Waals surface area contributed by atoms with E-state index in [1.54, 1.807) is 6.33 Å². The molecule has 0 radical (unpaired) electrons. The first-order valence-electron chi connectivity index (χ1n) is 7.58. The fourth-order valence-corrected chi connectivity index (χ4v) is 2.83. The van der Waals surface area contributed by atoms with Gasteiger partial charge in [0.25, 0.3) is 0 Å². The van der Waals surface area contributed by atoms with Crippen LogP contribution in [0.25, 0.3) is 0 Å². The zero-order valence-corrected chi connectivity index (χ0v) is 12.5. The van der Waals surface area contributed by atoms with Crippen LogP contribution in [0.15, 0.2) is 6.33 Å². The Bertz CT molecular complexity index is 376. The van der Waals surface area contributed by atoms with Gasteiger partial charge in [-0.2, -0.15) is 5.10 Å². The second-order valence-corrected chi connectivity index (χ2v) is 5.50. The minimum atomic E-state index is 0.608. The number of nitrogens with one attached hydrogen (secondary N) is 1. The third-order valence-electron chi connectivity index (χ3n) is 4.05. The molecule has 5 nitrogen and oxygen atoms in total. The molecule has 0 saturated carbocycles. The summed E-state index contributed by atoms with van der Waals surface area (Å²) in [4.78, 5) is 6.96. The lowest BCUT2D eigenvalue weighted by Gasteiger charge is -2.28. The predicted octanol–water partition coefficient (Wildman–Crippen LogP) is 1.65. The molecule has 0 spiro atoms. The second-order valence-electron chi connectivity index (χ2n) is 5.50. The van der Waals surface area contributed by atoms with Crippen molar-refractivity contribution < 1.29 is 0 Å². The van der Waals surface area contributed by atoms with Crippen molar-refractivity contribution >= 4 is 0 Å². The van der Waals surface area contributed by atoms with E-state index < -0.39 is 0 Å². The highest BCUT2D eigenvalue weighted by atomic mass is 15.3. The Morgan fingerprint density at radius 1 is 1.42 bits per heavy atom. The summed E-state index contributed by atoms with van der Waals surface area (Å²) in [6.45, 7) is 10.8. The minimum absolute atomic E-state index is 0.608. The average Bonchev–Trinajstić information content (AvgIpc) is 2.77. The number of aromatic nitrogens is 3. The summed E-state index contributed by atoms with van der Waals surface area (Å²) in [5.74, 6) is 1.09. The Morgan fingerprint density at radius 2 is 2.26 bits per heavy atom. The van der Waals surface area contributed by atoms with Crippen LogP contribution < -0.4 is 5.32 Å². The Morgan fingerprint density at radius 3 is 3.00 bits per heavy atom. The van der Waals surface area contributed by atoms with Crippen LogP contribution in [0.2, 0.25) is 0 Å². The van der Waals surface area contributed by atoms with E-state index in [0.717, 1.165) is 32.0 Å². The van der Waals surface area contributed by atoms with Crippen molar-refractivity contribution in [3.05, 3.63) is 12.2 Å². The first kappa shape index (κ1) is 14.5. The van der Waals surface area contributed by atoms with Crippen LogP contribution >= 0.6 is 0 Å². The molecule has 2 unspecified atom stereocenters. The van der Waals surface area contributed by atoms with Gasteiger partial charge in [0.1, 0.15) is 12.2 Å². The molecule has 19 heavy (non-hydrogen) atoms. The van der Waals surface area contributed by atoms with Crippen LogP contribution in [-0.4, -0.2) is 44.8 Å². The second kappa shape index (κ2) is 7.01. The van der Waals surface area contributed by atoms with Crippen molar-refractivity contribution in [2.75, 3.05) is 13.1 Å². The summed E-state index contributed by atoms with van der Waals surface area (Å²) in [6.07, 6.45) is 5.37. The van der Waals surface area contributed by atoms with Crippen molar-refractivity contribution in [2.24, 2.45) is 0 Å². The normalized spacial score (nSPS) is 25.4. The molecule has 2 heterocycles. The molecule has 2 rings (SSSR count). The number of rotatable bonds is 5. The lowest BCUT2D eigenvalue weighted by molar-refractivity contribution is 0.185. The van der Waals surface area contributed by atoms with Crippen molar-refractivity contribution in [3.63, 3.8) is 0 Å². The summed E-state index contributed by atoms with van der Waals surface area (Å²) in [5, 5.41) is 7.93. The third kappa shape index (κ3) is 3.76. The maximum absolute atomic E-state index is 4.41. The topological polar surface area (TPSA) is 46.0 Å². The molecule has 1 saturated heterocycles. The Hall–Kier alpha value is -0.940. The lowest BCUT2D eigenvalue weighted by Crippen LogP contribution is -2.40. The lowest BCUT2D eigenvalue weighted by atomic mass is 10.1. The molecule has 2 atom stereocenters. The highest BCUT2D eigenvalue weighted by Gasteiger charge is 2.23. The zero-order chi connectivity index (χ0) is 13.7. The Balaban J connectivity index is 2.03. The Labute approximate surface area is 116 Å². The van der Waals surface area contributed by atoms with E-state index in [1.165, 1.54) is 19.3 Å². The molecule has 1 fully saturated rings. The van der Waals surface area contributed by atoms with E-state index in [2.05, 4.69) is 41.1 Å². The molecule has 0 amide bonds. The largest absolute Gasteiger partial charge is 0.313 e. The maximum atomic E-state index is 4.41. The first-order chi connectivity index (χ1) is 9.24. The van der Waals surface area contributed by atoms with Gasteiger partial charge >= 0.3 is 0 Å². The molecular formula is C14H27N5. The smallest absolute Gasteiger partial charge is 0.141 e. The molecule has 1 aliphatic rings. The van der Waals surface area contributed by atoms with Crippen molar-refractivity contribution in [3.8, 4) is 0 Å². The number of nitrogens with zero attached hydrogens (tertiary/aromatic N) is 4. The van der Waals surface area contributed by atoms with Crippen molar-refractivity contribution in [1.82, 2.24) is 25.0 Å². The standard InChI is InChI=1S/C14H27N5/c1-4-6-13-9-18(12(3)7-8-15-13)10-14-16-11-17-19(14)5-2/h11-13,15H,4-10H2,1-3H3. The van der Waals surface area contributed by atoms with Crippen LogP contribution in [0.4, 0.5) is 0 Å². The molecule has 1 aromatic rings. The van der Waals surface area contributed by atoms with E-state index >= 15 is 0 Å². The molecule has 1 N–H and O–H groups in total. The van der Waals surface area contributed by atoms with Crippen LogP contribution in [0.3, 0.4) is 0 Å². The van der Waals surface area contributed by atoms with Crippen molar-refractivity contribution in [2.45, 2.75) is 65.2 Å². The highest BCUT2D eigenvalue weighted by Crippen LogP contribution is 2.14. The van der Waals surface area contributed by atoms with E-state index in [-0.39, 0.29) is 0 Å². The van der Waals surface area contributed by atoms with E-state index in [9.17, 15) is 0 Å². The number of hydrogen-bond donors (Lipinski definition) is 1. The van der Waals surface area contributed by atoms with Gasteiger partial charge in [0.05, 0.1) is 6.54 Å². The monoisotopic (exact) mass is 265 g/mol. The molecule has 1 aromatic heterocycles. The molecule has 0 aromatic carbocycles. The van der Waals surface area contributed by atoms with E-state index in [0.29, 0.717) is 12.1 Å². The van der Waals surface area contributed by atoms with E-state index in [1.807, 2.05) is 4.68 Å². The summed E-state index contributed by atoms with van der Waals surface area (Å²) in [6, 6.07) is 1.23. The van der Waals surface area contributed by atoms with Crippen LogP contribution in [-0.2, 0) is 13.1 Å². The highest BCUT2D eigenvalue weighted by molar-refractivity contribution is 4.89. The van der Waals surface area contributed by atoms with Gasteiger partial charge in [-0.05, 0) is 33.2 Å². The van der Waals surface area contributed by atoms with Gasteiger partial charge in [0, 0.05) is 25.2 Å². The van der Waals surface area contributed by atoms with Crippen molar-refractivity contribution in [1.29, 1.82) is 0 Å². The van der Waals surface area contributed by atoms with Gasteiger partial charge in [-0.3, -0.25) is 4.90 Å². The molecule has 108 valence electrons. The van der Waals surface area contributed by atoms with Gasteiger partial charge < -0.3 is 5.32 Å². The van der Waals surface area contributed by atoms with E-state index in [4.69, 9.17) is 0 Å². The minimum Gasteiger partial charge on any atom is -0.313 e. The fraction of sp³-hybridized carbons (Fsp3) is 0.857. The maximum Gasteiger partial charge on any atom is 0.141 e. The van der Waals surface area contributed by atoms with Gasteiger partial charge in [-0.25, -0.2) is 9.67 Å². The fourth-order valence-electron chi connectivity index (χ4n) is 2.83. The average molecular weight is 265 g/mol. The summed E-state index contributed by atoms with van der Waals surface area (Å²) < 4.78 is 2.00. The molecule has 0 aliphatic carbocycles. The van der Waals surface area contributed by atoms with Gasteiger partial charge in [-0.1, -0.05) is 13.3 Å². The van der Waals surface area contributed by atoms with Crippen LogP contribution in [0.5, 0.6) is 0 Å². The molecule has 5 heteroatoms. The zero-order valence-electron chi connectivity index (χ0n) is 12.5. The molecular weight excluding hydrogens is 238 g/mol. The molecule has 0 bridgehead atoms. The predicted molar refractivity (Wildman–Crippen MR) is 76.9 cm³/mol.